The molecular weight excluding hydrogens is 248 g/mol. The molecule has 0 bridgehead atoms. The number of nitrogens with one attached hydrogen (secondary N) is 1. The van der Waals surface area contributed by atoms with E-state index >= 15 is 0 Å². The summed E-state index contributed by atoms with van der Waals surface area (Å²) in [5.41, 5.74) is 6.56. The first kappa shape index (κ1) is 13.2. The van der Waals surface area contributed by atoms with Gasteiger partial charge in [-0.15, -0.1) is 0 Å². The maximum Gasteiger partial charge on any atom is 0.253 e. The van der Waals surface area contributed by atoms with Gasteiger partial charge in [-0.2, -0.15) is 0 Å². The smallest absolute Gasteiger partial charge is 0.253 e. The van der Waals surface area contributed by atoms with Crippen molar-refractivity contribution in [3.05, 3.63) is 28.8 Å². The molecule has 1 fully saturated rings. The maximum absolute atomic E-state index is 12.2. The predicted molar refractivity (Wildman–Crippen MR) is 74.8 cm³/mol. The average Bonchev–Trinajstić information content (AvgIpc) is 2.33. The first-order chi connectivity index (χ1) is 8.52. The van der Waals surface area contributed by atoms with Crippen LogP contribution in [-0.2, 0) is 0 Å². The van der Waals surface area contributed by atoms with Gasteiger partial charge in [0.05, 0.1) is 16.3 Å². The summed E-state index contributed by atoms with van der Waals surface area (Å²) in [6.07, 6.45) is 5.65. The van der Waals surface area contributed by atoms with Crippen molar-refractivity contribution in [3.8, 4) is 0 Å². The summed E-state index contributed by atoms with van der Waals surface area (Å²) in [7, 11) is 0. The molecule has 4 heteroatoms. The largest absolute Gasteiger partial charge is 0.397 e. The molecular formula is C14H19ClN2O. The molecule has 18 heavy (non-hydrogen) atoms. The molecule has 0 unspecified atom stereocenters. The summed E-state index contributed by atoms with van der Waals surface area (Å²) < 4.78 is 0. The van der Waals surface area contributed by atoms with E-state index < -0.39 is 0 Å². The van der Waals surface area contributed by atoms with Crippen molar-refractivity contribution >= 4 is 23.2 Å². The molecule has 1 aromatic carbocycles. The second kappa shape index (κ2) is 5.19. The minimum atomic E-state index is -0.126. The fraction of sp³-hybridized carbons (Fsp3) is 0.500. The van der Waals surface area contributed by atoms with Gasteiger partial charge in [0, 0.05) is 5.54 Å². The first-order valence-electron chi connectivity index (χ1n) is 6.38. The summed E-state index contributed by atoms with van der Waals surface area (Å²) in [6, 6.07) is 5.15. The van der Waals surface area contributed by atoms with E-state index in [1.54, 1.807) is 18.2 Å². The van der Waals surface area contributed by atoms with Crippen LogP contribution < -0.4 is 11.1 Å². The molecule has 1 saturated carbocycles. The Labute approximate surface area is 113 Å². The van der Waals surface area contributed by atoms with Crippen molar-refractivity contribution < 1.29 is 4.79 Å². The monoisotopic (exact) mass is 266 g/mol. The summed E-state index contributed by atoms with van der Waals surface area (Å²) in [5.74, 6) is -0.126. The second-order valence-electron chi connectivity index (χ2n) is 5.28. The molecule has 1 aromatic rings. The normalized spacial score (nSPS) is 18.3. The van der Waals surface area contributed by atoms with Gasteiger partial charge in [-0.25, -0.2) is 0 Å². The molecule has 98 valence electrons. The summed E-state index contributed by atoms with van der Waals surface area (Å²) in [5, 5.41) is 3.53. The predicted octanol–water partition coefficient (Wildman–Crippen LogP) is 3.37. The van der Waals surface area contributed by atoms with Crippen molar-refractivity contribution in [1.29, 1.82) is 0 Å². The molecule has 1 amide bonds. The molecule has 2 rings (SSSR count). The number of carbonyl (C=O) groups excluding carboxylic acids is 1. The standard InChI is InChI=1S/C14H19ClN2O/c1-14(8-3-2-4-9-14)17-13(18)10-6-5-7-11(15)12(10)16/h5-7H,2-4,8-9,16H2,1H3,(H,17,18). The van der Waals surface area contributed by atoms with Gasteiger partial charge >= 0.3 is 0 Å². The third kappa shape index (κ3) is 2.78. The molecule has 0 atom stereocenters. The third-order valence-corrected chi connectivity index (χ3v) is 4.00. The van der Waals surface area contributed by atoms with E-state index in [4.69, 9.17) is 17.3 Å². The topological polar surface area (TPSA) is 55.1 Å². The highest BCUT2D eigenvalue weighted by Crippen LogP contribution is 2.29. The Morgan fingerprint density at radius 1 is 1.33 bits per heavy atom. The van der Waals surface area contributed by atoms with Gasteiger partial charge < -0.3 is 11.1 Å². The van der Waals surface area contributed by atoms with Gasteiger partial charge in [-0.1, -0.05) is 36.9 Å². The number of benzene rings is 1. The average molecular weight is 267 g/mol. The number of nitrogen functional groups attached to an aromatic ring is 1. The number of rotatable bonds is 2. The molecule has 0 heterocycles. The van der Waals surface area contributed by atoms with E-state index in [0.717, 1.165) is 12.8 Å². The number of amides is 1. The van der Waals surface area contributed by atoms with Crippen molar-refractivity contribution in [1.82, 2.24) is 5.32 Å². The van der Waals surface area contributed by atoms with Crippen LogP contribution in [0.25, 0.3) is 0 Å². The molecule has 1 aliphatic carbocycles. The summed E-state index contributed by atoms with van der Waals surface area (Å²) >= 11 is 5.93. The van der Waals surface area contributed by atoms with E-state index in [2.05, 4.69) is 12.2 Å². The second-order valence-corrected chi connectivity index (χ2v) is 5.68. The highest BCUT2D eigenvalue weighted by Gasteiger charge is 2.29. The van der Waals surface area contributed by atoms with Crippen LogP contribution in [0.4, 0.5) is 5.69 Å². The summed E-state index contributed by atoms with van der Waals surface area (Å²) in [6.45, 7) is 2.10. The minimum Gasteiger partial charge on any atom is -0.397 e. The van der Waals surface area contributed by atoms with Crippen molar-refractivity contribution in [2.75, 3.05) is 5.73 Å². The first-order valence-corrected chi connectivity index (χ1v) is 6.76. The van der Waals surface area contributed by atoms with E-state index in [9.17, 15) is 4.79 Å². The van der Waals surface area contributed by atoms with Crippen molar-refractivity contribution in [2.24, 2.45) is 0 Å². The number of hydrogen-bond donors (Lipinski definition) is 2. The van der Waals surface area contributed by atoms with Gasteiger partial charge in [0.15, 0.2) is 0 Å². The zero-order valence-electron chi connectivity index (χ0n) is 10.6. The SMILES string of the molecule is CC1(NC(=O)c2cccc(Cl)c2N)CCCCC1. The Morgan fingerprint density at radius 2 is 2.00 bits per heavy atom. The van der Waals surface area contributed by atoms with Crippen LogP contribution in [-0.4, -0.2) is 11.4 Å². The van der Waals surface area contributed by atoms with E-state index in [0.29, 0.717) is 16.3 Å². The van der Waals surface area contributed by atoms with Crippen molar-refractivity contribution in [3.63, 3.8) is 0 Å². The Morgan fingerprint density at radius 3 is 2.67 bits per heavy atom. The zero-order valence-corrected chi connectivity index (χ0v) is 11.4. The van der Waals surface area contributed by atoms with Gasteiger partial charge in [-0.05, 0) is 31.9 Å². The maximum atomic E-state index is 12.2. The van der Waals surface area contributed by atoms with Gasteiger partial charge in [0.2, 0.25) is 0 Å². The lowest BCUT2D eigenvalue weighted by molar-refractivity contribution is 0.0883. The van der Waals surface area contributed by atoms with Crippen LogP contribution in [0, 0.1) is 0 Å². The third-order valence-electron chi connectivity index (χ3n) is 3.67. The number of para-hydroxylation sites is 1. The van der Waals surface area contributed by atoms with Crippen LogP contribution in [0.3, 0.4) is 0 Å². The lowest BCUT2D eigenvalue weighted by Gasteiger charge is -2.34. The van der Waals surface area contributed by atoms with Crippen molar-refractivity contribution in [2.45, 2.75) is 44.6 Å². The van der Waals surface area contributed by atoms with Crippen LogP contribution in [0.1, 0.15) is 49.4 Å². The number of hydrogen-bond acceptors (Lipinski definition) is 2. The Balaban J connectivity index is 2.14. The molecule has 0 radical (unpaired) electrons. The lowest BCUT2D eigenvalue weighted by Crippen LogP contribution is -2.47. The fourth-order valence-electron chi connectivity index (χ4n) is 2.53. The van der Waals surface area contributed by atoms with Crippen LogP contribution >= 0.6 is 11.6 Å². The Kier molecular flexibility index (Phi) is 3.81. The molecule has 3 N–H and O–H groups in total. The fourth-order valence-corrected chi connectivity index (χ4v) is 2.71. The van der Waals surface area contributed by atoms with E-state index in [1.807, 2.05) is 0 Å². The highest BCUT2D eigenvalue weighted by molar-refractivity contribution is 6.33. The Bertz CT molecular complexity index is 453. The van der Waals surface area contributed by atoms with E-state index in [-0.39, 0.29) is 11.4 Å². The molecule has 0 aromatic heterocycles. The molecule has 3 nitrogen and oxygen atoms in total. The molecule has 0 spiro atoms. The zero-order chi connectivity index (χ0) is 13.2. The van der Waals surface area contributed by atoms with Gasteiger partial charge in [-0.3, -0.25) is 4.79 Å². The number of carbonyl (C=O) groups is 1. The molecule has 0 saturated heterocycles. The lowest BCUT2D eigenvalue weighted by atomic mass is 9.83. The Hall–Kier alpha value is -1.22. The number of anilines is 1. The van der Waals surface area contributed by atoms with Crippen LogP contribution in [0.15, 0.2) is 18.2 Å². The highest BCUT2D eigenvalue weighted by atomic mass is 35.5. The van der Waals surface area contributed by atoms with Crippen LogP contribution in [0.5, 0.6) is 0 Å². The molecule has 1 aliphatic rings. The number of halogens is 1. The minimum absolute atomic E-state index is 0.107. The molecule has 0 aliphatic heterocycles. The summed E-state index contributed by atoms with van der Waals surface area (Å²) in [4.78, 5) is 12.2. The van der Waals surface area contributed by atoms with Crippen LogP contribution in [0.2, 0.25) is 5.02 Å². The number of nitrogens with two attached hydrogens (primary N) is 1. The van der Waals surface area contributed by atoms with Gasteiger partial charge in [0.1, 0.15) is 0 Å². The quantitative estimate of drug-likeness (QED) is 0.807. The van der Waals surface area contributed by atoms with E-state index in [1.165, 1.54) is 19.3 Å². The van der Waals surface area contributed by atoms with Gasteiger partial charge in [0.25, 0.3) is 5.91 Å².